The largest absolute Gasteiger partial charge is 0.506 e. The number of pyridine rings is 1. The topological polar surface area (TPSA) is 58.9 Å². The van der Waals surface area contributed by atoms with Gasteiger partial charge < -0.3 is 5.11 Å². The number of aryl methyl sites for hydroxylation is 1. The SMILES string of the molecule is Cc1nc2ccnnc2cc1O. The van der Waals surface area contributed by atoms with E-state index in [-0.39, 0.29) is 5.75 Å². The minimum absolute atomic E-state index is 0.156. The van der Waals surface area contributed by atoms with E-state index in [1.54, 1.807) is 25.3 Å². The van der Waals surface area contributed by atoms with Gasteiger partial charge in [-0.3, -0.25) is 0 Å². The van der Waals surface area contributed by atoms with Gasteiger partial charge in [0.05, 0.1) is 17.4 Å². The van der Waals surface area contributed by atoms with Crippen LogP contribution in [0.15, 0.2) is 18.3 Å². The highest BCUT2D eigenvalue weighted by molar-refractivity contribution is 5.74. The number of aromatic nitrogens is 3. The third-order valence-corrected chi connectivity index (χ3v) is 1.66. The molecule has 0 saturated heterocycles. The highest BCUT2D eigenvalue weighted by Gasteiger charge is 2.00. The molecule has 0 atom stereocenters. The second kappa shape index (κ2) is 2.41. The maximum atomic E-state index is 9.29. The lowest BCUT2D eigenvalue weighted by Crippen LogP contribution is -1.88. The number of rotatable bonds is 0. The second-order valence-electron chi connectivity index (χ2n) is 2.53. The first-order valence-corrected chi connectivity index (χ1v) is 3.55. The van der Waals surface area contributed by atoms with Gasteiger partial charge in [-0.25, -0.2) is 4.98 Å². The summed E-state index contributed by atoms with van der Waals surface area (Å²) in [5, 5.41) is 16.8. The van der Waals surface area contributed by atoms with Crippen LogP contribution in [0.1, 0.15) is 5.69 Å². The number of fused-ring (bicyclic) bond motifs is 1. The molecule has 4 heteroatoms. The van der Waals surface area contributed by atoms with E-state index in [9.17, 15) is 5.11 Å². The lowest BCUT2D eigenvalue weighted by molar-refractivity contribution is 0.468. The van der Waals surface area contributed by atoms with E-state index in [1.807, 2.05) is 0 Å². The van der Waals surface area contributed by atoms with Crippen LogP contribution >= 0.6 is 0 Å². The molecule has 0 aliphatic carbocycles. The van der Waals surface area contributed by atoms with Gasteiger partial charge in [-0.15, -0.1) is 5.10 Å². The zero-order valence-electron chi connectivity index (χ0n) is 6.52. The van der Waals surface area contributed by atoms with E-state index in [0.717, 1.165) is 5.52 Å². The van der Waals surface area contributed by atoms with Crippen molar-refractivity contribution in [2.75, 3.05) is 0 Å². The van der Waals surface area contributed by atoms with Crippen molar-refractivity contribution in [2.24, 2.45) is 0 Å². The Bertz CT molecular complexity index is 387. The van der Waals surface area contributed by atoms with Crippen LogP contribution in [0.2, 0.25) is 0 Å². The van der Waals surface area contributed by atoms with Gasteiger partial charge in [0.2, 0.25) is 0 Å². The fourth-order valence-corrected chi connectivity index (χ4v) is 1.01. The molecule has 0 unspecified atom stereocenters. The van der Waals surface area contributed by atoms with Crippen molar-refractivity contribution in [2.45, 2.75) is 6.92 Å². The summed E-state index contributed by atoms with van der Waals surface area (Å²) in [6.07, 6.45) is 1.58. The molecule has 0 fully saturated rings. The summed E-state index contributed by atoms with van der Waals surface area (Å²) < 4.78 is 0. The minimum atomic E-state index is 0.156. The van der Waals surface area contributed by atoms with E-state index in [4.69, 9.17) is 0 Å². The van der Waals surface area contributed by atoms with Crippen LogP contribution in [0, 0.1) is 6.92 Å². The molecule has 12 heavy (non-hydrogen) atoms. The van der Waals surface area contributed by atoms with Gasteiger partial charge in [-0.2, -0.15) is 5.10 Å². The first-order valence-electron chi connectivity index (χ1n) is 3.55. The van der Waals surface area contributed by atoms with E-state index in [1.165, 1.54) is 0 Å². The van der Waals surface area contributed by atoms with Crippen molar-refractivity contribution in [3.05, 3.63) is 24.0 Å². The number of hydrogen-bond acceptors (Lipinski definition) is 4. The van der Waals surface area contributed by atoms with Gasteiger partial charge in [0, 0.05) is 6.07 Å². The highest BCUT2D eigenvalue weighted by atomic mass is 16.3. The summed E-state index contributed by atoms with van der Waals surface area (Å²) in [6.45, 7) is 1.75. The van der Waals surface area contributed by atoms with Crippen molar-refractivity contribution < 1.29 is 5.11 Å². The van der Waals surface area contributed by atoms with Gasteiger partial charge in [0.15, 0.2) is 0 Å². The maximum absolute atomic E-state index is 9.29. The molecule has 2 aromatic rings. The van der Waals surface area contributed by atoms with E-state index in [0.29, 0.717) is 11.2 Å². The Morgan fingerprint density at radius 1 is 1.33 bits per heavy atom. The molecule has 0 spiro atoms. The number of hydrogen-bond donors (Lipinski definition) is 1. The third-order valence-electron chi connectivity index (χ3n) is 1.66. The van der Waals surface area contributed by atoms with Crippen LogP contribution in [0.25, 0.3) is 11.0 Å². The summed E-state index contributed by atoms with van der Waals surface area (Å²) >= 11 is 0. The average molecular weight is 161 g/mol. The zero-order valence-corrected chi connectivity index (χ0v) is 6.52. The summed E-state index contributed by atoms with van der Waals surface area (Å²) in [6, 6.07) is 3.32. The van der Waals surface area contributed by atoms with E-state index < -0.39 is 0 Å². The molecule has 0 aliphatic rings. The molecular formula is C8H7N3O. The molecule has 0 saturated carbocycles. The monoisotopic (exact) mass is 161 g/mol. The Kier molecular flexibility index (Phi) is 1.40. The summed E-state index contributed by atoms with van der Waals surface area (Å²) in [4.78, 5) is 4.12. The molecule has 2 aromatic heterocycles. The fraction of sp³-hybridized carbons (Fsp3) is 0.125. The molecule has 0 radical (unpaired) electrons. The quantitative estimate of drug-likeness (QED) is 0.627. The fourth-order valence-electron chi connectivity index (χ4n) is 1.01. The van der Waals surface area contributed by atoms with Crippen molar-refractivity contribution in [1.29, 1.82) is 0 Å². The molecule has 0 aliphatic heterocycles. The third kappa shape index (κ3) is 0.972. The number of nitrogens with zero attached hydrogens (tertiary/aromatic N) is 3. The van der Waals surface area contributed by atoms with Crippen LogP contribution in [-0.4, -0.2) is 20.3 Å². The Balaban J connectivity index is 2.84. The summed E-state index contributed by atoms with van der Waals surface area (Å²) in [7, 11) is 0. The van der Waals surface area contributed by atoms with Crippen molar-refractivity contribution in [3.8, 4) is 5.75 Å². The molecule has 0 aromatic carbocycles. The molecule has 0 bridgehead atoms. The van der Waals surface area contributed by atoms with Crippen LogP contribution in [0.3, 0.4) is 0 Å². The zero-order chi connectivity index (χ0) is 8.55. The van der Waals surface area contributed by atoms with Crippen LogP contribution < -0.4 is 0 Å². The van der Waals surface area contributed by atoms with Crippen molar-refractivity contribution >= 4 is 11.0 Å². The minimum Gasteiger partial charge on any atom is -0.506 e. The van der Waals surface area contributed by atoms with E-state index in [2.05, 4.69) is 15.2 Å². The first kappa shape index (κ1) is 6.97. The second-order valence-corrected chi connectivity index (χ2v) is 2.53. The molecule has 4 nitrogen and oxygen atoms in total. The predicted molar refractivity (Wildman–Crippen MR) is 43.7 cm³/mol. The van der Waals surface area contributed by atoms with Gasteiger partial charge in [-0.05, 0) is 13.0 Å². The average Bonchev–Trinajstić information content (AvgIpc) is 2.07. The molecular weight excluding hydrogens is 154 g/mol. The van der Waals surface area contributed by atoms with Crippen LogP contribution in [0.4, 0.5) is 0 Å². The van der Waals surface area contributed by atoms with E-state index >= 15 is 0 Å². The lowest BCUT2D eigenvalue weighted by atomic mass is 10.3. The normalized spacial score (nSPS) is 10.4. The molecule has 2 rings (SSSR count). The Morgan fingerprint density at radius 3 is 3.00 bits per heavy atom. The predicted octanol–water partition coefficient (Wildman–Crippen LogP) is 1.04. The van der Waals surface area contributed by atoms with Crippen molar-refractivity contribution in [3.63, 3.8) is 0 Å². The summed E-state index contributed by atoms with van der Waals surface area (Å²) in [5.41, 5.74) is 1.97. The van der Waals surface area contributed by atoms with Crippen LogP contribution in [-0.2, 0) is 0 Å². The van der Waals surface area contributed by atoms with Gasteiger partial charge in [-0.1, -0.05) is 0 Å². The van der Waals surface area contributed by atoms with Gasteiger partial charge in [0.1, 0.15) is 11.3 Å². The Labute approximate surface area is 68.9 Å². The smallest absolute Gasteiger partial charge is 0.139 e. The van der Waals surface area contributed by atoms with Crippen molar-refractivity contribution in [1.82, 2.24) is 15.2 Å². The maximum Gasteiger partial charge on any atom is 0.139 e. The Morgan fingerprint density at radius 2 is 2.17 bits per heavy atom. The Hall–Kier alpha value is -1.71. The summed E-state index contributed by atoms with van der Waals surface area (Å²) in [5.74, 6) is 0.156. The number of aromatic hydroxyl groups is 1. The van der Waals surface area contributed by atoms with Gasteiger partial charge >= 0.3 is 0 Å². The molecule has 2 heterocycles. The van der Waals surface area contributed by atoms with Crippen LogP contribution in [0.5, 0.6) is 5.75 Å². The van der Waals surface area contributed by atoms with Gasteiger partial charge in [0.25, 0.3) is 0 Å². The lowest BCUT2D eigenvalue weighted by Gasteiger charge is -1.98. The highest BCUT2D eigenvalue weighted by Crippen LogP contribution is 2.17. The standard InChI is InChI=1S/C8H7N3O/c1-5-8(12)4-7-6(10-5)2-3-9-11-7/h2-4,12H,1H3. The molecule has 0 amide bonds. The molecule has 60 valence electrons. The first-order chi connectivity index (χ1) is 5.77. The molecule has 1 N–H and O–H groups in total.